The van der Waals surface area contributed by atoms with Crippen LogP contribution in [0.1, 0.15) is 241 Å². The number of hydrogen-bond acceptors (Lipinski definition) is 12. The molecule has 1 saturated heterocycles. The summed E-state index contributed by atoms with van der Waals surface area (Å²) in [5, 5.41) is 15.2. The maximum atomic E-state index is 13.5. The molecule has 1 heterocycles. The summed E-state index contributed by atoms with van der Waals surface area (Å²) < 4.78 is 222. The Bertz CT molecular complexity index is 4210. The molecular weight excluding hydrogens is 1780 g/mol. The van der Waals surface area contributed by atoms with Gasteiger partial charge in [0.05, 0.1) is 19.8 Å². The molecule has 632 valence electrons. The minimum absolute atomic E-state index is 0.0399. The monoisotopic (exact) mass is 1890 g/mol. The lowest BCUT2D eigenvalue weighted by Gasteiger charge is -2.36. The zero-order valence-corrected chi connectivity index (χ0v) is 74.8. The van der Waals surface area contributed by atoms with Crippen LogP contribution >= 0.6 is 0 Å². The summed E-state index contributed by atoms with van der Waals surface area (Å²) in [5.41, 5.74) is 13.8. The lowest BCUT2D eigenvalue weighted by Crippen LogP contribution is -3.61. The molecule has 0 atom stereocenters. The number of nitrogens with two attached hydrogens (primary N) is 1. The molecule has 0 aromatic heterocycles. The van der Waals surface area contributed by atoms with Gasteiger partial charge in [0.2, 0.25) is 0 Å². The van der Waals surface area contributed by atoms with Crippen LogP contribution in [0.4, 0.5) is 50.9 Å². The number of hydrogen-bond donors (Lipinski definition) is 1. The molecule has 15 nitrogen and oxygen atoms in total. The Morgan fingerprint density at radius 2 is 0.814 bits per heavy atom. The molecule has 113 heavy (non-hydrogen) atoms. The number of halogens is 11. The van der Waals surface area contributed by atoms with Crippen LogP contribution in [0.15, 0.2) is 164 Å². The molecule has 6 aromatic carbocycles. The van der Waals surface area contributed by atoms with E-state index in [9.17, 15) is 83.4 Å². The van der Waals surface area contributed by atoms with E-state index in [1.165, 1.54) is 119 Å². The van der Waals surface area contributed by atoms with E-state index in [1.807, 2.05) is 0 Å². The zero-order chi connectivity index (χ0) is 85.3. The van der Waals surface area contributed by atoms with E-state index in [2.05, 4.69) is 201 Å². The van der Waals surface area contributed by atoms with Crippen molar-refractivity contribution in [3.63, 3.8) is 0 Å². The molecule has 0 spiro atoms. The lowest BCUT2D eigenvalue weighted by atomic mass is 9.82. The second kappa shape index (κ2) is 43.2. The molecule has 30 heteroatoms. The lowest BCUT2D eigenvalue weighted by molar-refractivity contribution is -0.597. The zero-order valence-electron chi connectivity index (χ0n) is 67.2. The molecule has 0 unspecified atom stereocenters. The van der Waals surface area contributed by atoms with Gasteiger partial charge in [-0.15, -0.1) is 0 Å². The fourth-order valence-electron chi connectivity index (χ4n) is 11.4. The van der Waals surface area contributed by atoms with E-state index in [0.29, 0.717) is 24.9 Å². The first-order chi connectivity index (χ1) is 52.3. The smallest absolute Gasteiger partial charge is 0.460 e. The molecule has 0 amide bonds. The molecule has 8 rings (SSSR count). The Labute approximate surface area is 687 Å². The normalized spacial score (nSPS) is 14.8. The molecule has 1 aliphatic heterocycles. The van der Waals surface area contributed by atoms with Crippen LogP contribution in [0.2, 0.25) is 0 Å². The predicted molar refractivity (Wildman–Crippen MR) is 424 cm³/mol. The molecule has 1 aliphatic carbocycles. The standard InChI is InChI=1S/2C22H30I.C19H30N2O3S.C12H15F9NO4S2.C8H10N2O3S/c2*1-7-21(3,4)17-9-13-19(14-10-17)23-20-15-11-18(12-16-20)22(5,6)8-2;1-2-3-4-5-6-7-10-19(22)20-25(23,24)18-13-11-17(12-14-18)21-15-8-9-16-21;13-9(14,11(17,18)19)10(15,16)12(20,21)28(25,26)22-27(23,24)7-6-8-4-2-1-3-5-8;1-6(11)10-14(12,13)8-4-2-7(9)3-5-8/h2*9-16H,7-8H2,1-6H3;11-14H,2-10,15-16H2,1H3,(H,20,22);8H,1-7H2;2-5H,9H2,1H3,(H,10,11)/q2*+1;;-1;/p-2. The molecule has 1 saturated carbocycles. The van der Waals surface area contributed by atoms with Crippen molar-refractivity contribution in [3.8, 4) is 0 Å². The van der Waals surface area contributed by atoms with Gasteiger partial charge >= 0.3 is 65.7 Å². The Hall–Kier alpha value is -5.55. The molecular formula is C83H113F9I2N5O10S4-. The average molecular weight is 1890 g/mol. The summed E-state index contributed by atoms with van der Waals surface area (Å²) in [4.78, 5) is 2.28. The largest absolute Gasteiger partial charge is 0.861 e. The van der Waals surface area contributed by atoms with Gasteiger partial charge in [0.25, 0.3) is 20.0 Å². The van der Waals surface area contributed by atoms with Crippen LogP contribution in [0, 0.1) is 20.2 Å². The van der Waals surface area contributed by atoms with Gasteiger partial charge in [-0.25, -0.2) is 16.8 Å². The van der Waals surface area contributed by atoms with Crippen molar-refractivity contribution in [2.45, 2.75) is 274 Å². The van der Waals surface area contributed by atoms with Crippen LogP contribution in [0.3, 0.4) is 0 Å². The number of unbranched alkanes of at least 4 members (excludes halogenated alkanes) is 5. The Morgan fingerprint density at radius 1 is 0.469 bits per heavy atom. The molecule has 0 bridgehead atoms. The third kappa shape index (κ3) is 30.4. The molecule has 0 radical (unpaired) electrons. The summed E-state index contributed by atoms with van der Waals surface area (Å²) in [6, 6.07) is 49.5. The quantitative estimate of drug-likeness (QED) is 0.0103. The minimum Gasteiger partial charge on any atom is -0.861 e. The van der Waals surface area contributed by atoms with Crippen LogP contribution in [-0.2, 0) is 61.8 Å². The van der Waals surface area contributed by atoms with E-state index >= 15 is 0 Å². The van der Waals surface area contributed by atoms with Crippen molar-refractivity contribution in [1.82, 2.24) is 0 Å². The number of nitrogen functional groups attached to an aromatic ring is 1. The van der Waals surface area contributed by atoms with Gasteiger partial charge < -0.3 is 25.0 Å². The van der Waals surface area contributed by atoms with E-state index in [-0.39, 0.29) is 92.6 Å². The van der Waals surface area contributed by atoms with Crippen LogP contribution in [0.25, 0.3) is 4.13 Å². The van der Waals surface area contributed by atoms with Crippen LogP contribution in [0.5, 0.6) is 0 Å². The number of sulfonamides is 4. The van der Waals surface area contributed by atoms with E-state index in [1.54, 1.807) is 28.4 Å². The van der Waals surface area contributed by atoms with Crippen LogP contribution < -0.4 is 63.3 Å². The Balaban J connectivity index is 0.000000302. The second-order valence-corrected chi connectivity index (χ2v) is 43.7. The van der Waals surface area contributed by atoms with Gasteiger partial charge in [-0.05, 0) is 223 Å². The maximum absolute atomic E-state index is 13.5. The molecule has 2 fully saturated rings. The first-order valence-corrected chi connectivity index (χ1v) is 48.4. The van der Waals surface area contributed by atoms with Crippen molar-refractivity contribution in [2.24, 2.45) is 14.7 Å². The fourth-order valence-corrected chi connectivity index (χ4v) is 20.6. The van der Waals surface area contributed by atoms with Crippen molar-refractivity contribution < 1.29 is 126 Å². The number of benzene rings is 6. The Morgan fingerprint density at radius 3 is 1.16 bits per heavy atom. The van der Waals surface area contributed by atoms with Gasteiger partial charge in [-0.1, -0.05) is 203 Å². The molecule has 2 aliphatic rings. The number of alkyl halides is 9. The van der Waals surface area contributed by atoms with Gasteiger partial charge in [0, 0.05) is 30.2 Å². The Kier molecular flexibility index (Phi) is 38.2. The van der Waals surface area contributed by atoms with Gasteiger partial charge in [0.1, 0.15) is 0 Å². The fraction of sp³-hybridized carbons (Fsp3) is 0.542. The van der Waals surface area contributed by atoms with Gasteiger partial charge in [0.15, 0.2) is 24.3 Å². The van der Waals surface area contributed by atoms with Crippen molar-refractivity contribution in [1.29, 1.82) is 0 Å². The number of anilines is 2. The summed E-state index contributed by atoms with van der Waals surface area (Å²) in [6.07, 6.45) is 9.42. The highest BCUT2D eigenvalue weighted by atomic mass is 127. The average Bonchev–Trinajstić information content (AvgIpc) is 1.41. The molecule has 6 aromatic rings. The highest BCUT2D eigenvalue weighted by Crippen LogP contribution is 2.56. The molecule has 2 N–H and O–H groups in total. The first-order valence-electron chi connectivity index (χ1n) is 38.1. The topological polar surface area (TPSA) is 251 Å². The maximum Gasteiger partial charge on any atom is 0.460 e. The van der Waals surface area contributed by atoms with Gasteiger partial charge in [-0.2, -0.15) is 65.1 Å². The highest BCUT2D eigenvalue weighted by Gasteiger charge is 2.84. The van der Waals surface area contributed by atoms with E-state index in [4.69, 9.17) is 5.73 Å². The van der Waals surface area contributed by atoms with Gasteiger partial charge in [-0.3, -0.25) is 0 Å². The summed E-state index contributed by atoms with van der Waals surface area (Å²) in [6.45, 7) is 32.9. The van der Waals surface area contributed by atoms with Crippen LogP contribution in [-0.4, -0.2) is 87.6 Å². The SMILES string of the molecule is CC([O-])=NS(=O)(=O)c1ccc(N)cc1.CCC(C)(C)c1ccc([I+]c2ccc(C(C)(C)CC)cc2)cc1.CCC(C)(C)c1ccc([I+]c2ccc(C(C)(C)CC)cc2)cc1.CCCCCCCCC([O-])=NS(=O)(=O)c1ccc(N2CCCC2)cc1.O=S(=O)(CCC1CCCCC1)[N-]S(=O)(=O)C(F)(F)C(F)(F)C(F)(F)C(F)(F)F. The predicted octanol–water partition coefficient (Wildman–Crippen LogP) is 14.0. The van der Waals surface area contributed by atoms with Crippen molar-refractivity contribution in [2.75, 3.05) is 29.5 Å². The highest BCUT2D eigenvalue weighted by molar-refractivity contribution is 8.12. The third-order valence-electron chi connectivity index (χ3n) is 20.6. The summed E-state index contributed by atoms with van der Waals surface area (Å²) in [7, 11) is -20.4. The van der Waals surface area contributed by atoms with Crippen molar-refractivity contribution >= 4 is 63.3 Å². The third-order valence-corrected chi connectivity index (χ3v) is 32.0. The minimum atomic E-state index is -7.51. The second-order valence-electron chi connectivity index (χ2n) is 30.8. The summed E-state index contributed by atoms with van der Waals surface area (Å²) >= 11 is -0.159. The van der Waals surface area contributed by atoms with Crippen molar-refractivity contribution in [3.05, 3.63) is 186 Å². The first kappa shape index (κ1) is 99.8. The van der Waals surface area contributed by atoms with E-state index < -0.39 is 80.9 Å². The number of rotatable bonds is 32. The number of nitrogens with zero attached hydrogens (tertiary/aromatic N) is 4. The summed E-state index contributed by atoms with van der Waals surface area (Å²) in [5.74, 6) is -17.7. The van der Waals surface area contributed by atoms with E-state index in [0.717, 1.165) is 57.8 Å².